The molecule has 0 amide bonds. The SMILES string of the molecule is COCC1CCC(CCC2CCC(CCOCCC3CCC(CCC4CCC(COC)CC4)CC3)CC2)CC1. The molecule has 39 heavy (non-hydrogen) atoms. The summed E-state index contributed by atoms with van der Waals surface area (Å²) in [4.78, 5) is 0. The second-order valence-electron chi connectivity index (χ2n) is 14.8. The van der Waals surface area contributed by atoms with Crippen molar-refractivity contribution in [1.82, 2.24) is 0 Å². The van der Waals surface area contributed by atoms with Gasteiger partial charge in [-0.3, -0.25) is 0 Å². The maximum atomic E-state index is 6.18. The van der Waals surface area contributed by atoms with Gasteiger partial charge in [-0.05, 0) is 85.9 Å². The van der Waals surface area contributed by atoms with Crippen LogP contribution in [-0.4, -0.2) is 40.6 Å². The summed E-state index contributed by atoms with van der Waals surface area (Å²) in [5.41, 5.74) is 0. The zero-order chi connectivity index (χ0) is 27.1. The molecule has 3 nitrogen and oxygen atoms in total. The molecule has 4 aliphatic carbocycles. The van der Waals surface area contributed by atoms with Crippen LogP contribution in [0.25, 0.3) is 0 Å². The average molecular weight is 547 g/mol. The van der Waals surface area contributed by atoms with E-state index in [-0.39, 0.29) is 0 Å². The minimum Gasteiger partial charge on any atom is -0.384 e. The zero-order valence-electron chi connectivity index (χ0n) is 26.2. The Bertz CT molecular complexity index is 538. The normalized spacial score (nSPS) is 36.2. The molecule has 0 radical (unpaired) electrons. The maximum absolute atomic E-state index is 6.18. The molecule has 0 heterocycles. The number of rotatable bonds is 16. The Labute approximate surface area is 243 Å². The zero-order valence-corrected chi connectivity index (χ0v) is 26.2. The van der Waals surface area contributed by atoms with Crippen molar-refractivity contribution in [2.75, 3.05) is 40.6 Å². The summed E-state index contributed by atoms with van der Waals surface area (Å²) in [7, 11) is 3.72. The van der Waals surface area contributed by atoms with Crippen molar-refractivity contribution < 1.29 is 14.2 Å². The Kier molecular flexibility index (Phi) is 15.0. The van der Waals surface area contributed by atoms with Crippen LogP contribution >= 0.6 is 0 Å². The molecule has 0 N–H and O–H groups in total. The Morgan fingerprint density at radius 2 is 0.564 bits per heavy atom. The maximum Gasteiger partial charge on any atom is 0.0490 e. The molecule has 228 valence electrons. The predicted octanol–water partition coefficient (Wildman–Crippen LogP) is 9.86. The van der Waals surface area contributed by atoms with E-state index in [2.05, 4.69) is 0 Å². The van der Waals surface area contributed by atoms with Gasteiger partial charge < -0.3 is 14.2 Å². The van der Waals surface area contributed by atoms with Crippen molar-refractivity contribution >= 4 is 0 Å². The largest absolute Gasteiger partial charge is 0.384 e. The quantitative estimate of drug-likeness (QED) is 0.180. The second kappa shape index (κ2) is 18.4. The van der Waals surface area contributed by atoms with Gasteiger partial charge in [-0.1, -0.05) is 103 Å². The van der Waals surface area contributed by atoms with Crippen LogP contribution in [0.2, 0.25) is 0 Å². The summed E-state index contributed by atoms with van der Waals surface area (Å²) in [6.07, 6.45) is 31.9. The van der Waals surface area contributed by atoms with Crippen LogP contribution < -0.4 is 0 Å². The van der Waals surface area contributed by atoms with Gasteiger partial charge in [0.1, 0.15) is 0 Å². The lowest BCUT2D eigenvalue weighted by molar-refractivity contribution is 0.0890. The van der Waals surface area contributed by atoms with E-state index in [1.807, 2.05) is 14.2 Å². The van der Waals surface area contributed by atoms with Crippen molar-refractivity contribution in [1.29, 1.82) is 0 Å². The van der Waals surface area contributed by atoms with Gasteiger partial charge in [0, 0.05) is 40.6 Å². The molecule has 0 atom stereocenters. The molecule has 4 saturated carbocycles. The van der Waals surface area contributed by atoms with E-state index in [1.54, 1.807) is 0 Å². The fraction of sp³-hybridized carbons (Fsp3) is 1.00. The second-order valence-corrected chi connectivity index (χ2v) is 14.8. The van der Waals surface area contributed by atoms with E-state index in [0.29, 0.717) is 0 Å². The molecule has 0 aromatic heterocycles. The van der Waals surface area contributed by atoms with Crippen LogP contribution in [0, 0.1) is 47.3 Å². The van der Waals surface area contributed by atoms with Crippen LogP contribution in [0.4, 0.5) is 0 Å². The van der Waals surface area contributed by atoms with E-state index in [1.165, 1.54) is 141 Å². The summed E-state index contributed by atoms with van der Waals surface area (Å²) in [5.74, 6) is 7.62. The van der Waals surface area contributed by atoms with E-state index in [4.69, 9.17) is 14.2 Å². The van der Waals surface area contributed by atoms with E-state index < -0.39 is 0 Å². The van der Waals surface area contributed by atoms with Crippen molar-refractivity contribution in [3.05, 3.63) is 0 Å². The fourth-order valence-electron chi connectivity index (χ4n) is 9.01. The van der Waals surface area contributed by atoms with E-state index in [0.717, 1.165) is 73.8 Å². The molecular weight excluding hydrogens is 480 g/mol. The Balaban J connectivity index is 0.938. The number of hydrogen-bond acceptors (Lipinski definition) is 3. The molecule has 0 spiro atoms. The lowest BCUT2D eigenvalue weighted by atomic mass is 9.75. The average Bonchev–Trinajstić information content (AvgIpc) is 2.98. The van der Waals surface area contributed by atoms with Crippen LogP contribution in [0.3, 0.4) is 0 Å². The standard InChI is InChI=1S/C36H66O3/c1-37-27-35-19-15-31(16-20-35)5-3-29-7-11-33(12-8-29)23-25-39-26-24-34-13-9-30(10-14-34)4-6-32-17-21-36(22-18-32)28-38-2/h29-36H,3-28H2,1-2H3. The van der Waals surface area contributed by atoms with E-state index >= 15 is 0 Å². The topological polar surface area (TPSA) is 27.7 Å². The highest BCUT2D eigenvalue weighted by atomic mass is 16.5. The molecule has 0 unspecified atom stereocenters. The van der Waals surface area contributed by atoms with Crippen LogP contribution in [0.15, 0.2) is 0 Å². The van der Waals surface area contributed by atoms with Crippen LogP contribution in [-0.2, 0) is 14.2 Å². The third-order valence-corrected chi connectivity index (χ3v) is 12.0. The minimum atomic E-state index is 0.843. The van der Waals surface area contributed by atoms with Gasteiger partial charge in [0.2, 0.25) is 0 Å². The van der Waals surface area contributed by atoms with Gasteiger partial charge in [-0.25, -0.2) is 0 Å². The van der Waals surface area contributed by atoms with Gasteiger partial charge in [0.15, 0.2) is 0 Å². The highest BCUT2D eigenvalue weighted by Crippen LogP contribution is 2.39. The van der Waals surface area contributed by atoms with Gasteiger partial charge >= 0.3 is 0 Å². The van der Waals surface area contributed by atoms with Crippen molar-refractivity contribution in [3.63, 3.8) is 0 Å². The lowest BCUT2D eigenvalue weighted by Gasteiger charge is -2.32. The Morgan fingerprint density at radius 1 is 0.333 bits per heavy atom. The van der Waals surface area contributed by atoms with Gasteiger partial charge in [0.25, 0.3) is 0 Å². The molecule has 0 aromatic carbocycles. The molecule has 0 bridgehead atoms. The Morgan fingerprint density at radius 3 is 0.821 bits per heavy atom. The van der Waals surface area contributed by atoms with Crippen molar-refractivity contribution in [3.8, 4) is 0 Å². The molecular formula is C36H66O3. The number of methoxy groups -OCH3 is 2. The molecule has 4 rings (SSSR count). The summed E-state index contributed by atoms with van der Waals surface area (Å²) in [6.45, 7) is 4.00. The van der Waals surface area contributed by atoms with Crippen molar-refractivity contribution in [2.24, 2.45) is 47.3 Å². The number of hydrogen-bond donors (Lipinski definition) is 0. The summed E-state index contributed by atoms with van der Waals surface area (Å²) in [6, 6.07) is 0. The van der Waals surface area contributed by atoms with Crippen molar-refractivity contribution in [2.45, 2.75) is 141 Å². The summed E-state index contributed by atoms with van der Waals surface area (Å²) >= 11 is 0. The molecule has 3 heteroatoms. The predicted molar refractivity (Wildman–Crippen MR) is 164 cm³/mol. The highest BCUT2D eigenvalue weighted by molar-refractivity contribution is 4.78. The Hall–Kier alpha value is -0.120. The molecule has 4 aliphatic rings. The highest BCUT2D eigenvalue weighted by Gasteiger charge is 2.26. The monoisotopic (exact) mass is 547 g/mol. The van der Waals surface area contributed by atoms with Gasteiger partial charge in [-0.2, -0.15) is 0 Å². The third kappa shape index (κ3) is 12.0. The molecule has 0 aromatic rings. The molecule has 0 aliphatic heterocycles. The molecule has 0 saturated heterocycles. The first kappa shape index (κ1) is 31.8. The minimum absolute atomic E-state index is 0.843. The third-order valence-electron chi connectivity index (χ3n) is 12.0. The van der Waals surface area contributed by atoms with Gasteiger partial charge in [-0.15, -0.1) is 0 Å². The molecule has 4 fully saturated rings. The van der Waals surface area contributed by atoms with Crippen LogP contribution in [0.5, 0.6) is 0 Å². The first-order valence-electron chi connectivity index (χ1n) is 17.8. The number of ether oxygens (including phenoxy) is 3. The fourth-order valence-corrected chi connectivity index (χ4v) is 9.01. The first-order chi connectivity index (χ1) is 19.2. The van der Waals surface area contributed by atoms with Crippen LogP contribution in [0.1, 0.15) is 141 Å². The summed E-state index contributed by atoms with van der Waals surface area (Å²) < 4.78 is 16.9. The first-order valence-corrected chi connectivity index (χ1v) is 17.8. The van der Waals surface area contributed by atoms with Gasteiger partial charge in [0.05, 0.1) is 0 Å². The lowest BCUT2D eigenvalue weighted by Crippen LogP contribution is -2.21. The smallest absolute Gasteiger partial charge is 0.0490 e. The summed E-state index contributed by atoms with van der Waals surface area (Å²) in [5, 5.41) is 0. The van der Waals surface area contributed by atoms with E-state index in [9.17, 15) is 0 Å².